The van der Waals surface area contributed by atoms with Crippen molar-refractivity contribution >= 4 is 45.5 Å². The normalized spacial score (nSPS) is 13.4. The lowest BCUT2D eigenvalue weighted by atomic mass is 9.92. The predicted molar refractivity (Wildman–Crippen MR) is 251 cm³/mol. The van der Waals surface area contributed by atoms with Crippen molar-refractivity contribution in [1.82, 2.24) is 0 Å². The molecule has 0 N–H and O–H groups in total. The van der Waals surface area contributed by atoms with Crippen LogP contribution in [0, 0.1) is 0 Å². The fourth-order valence-electron chi connectivity index (χ4n) is 9.79. The standard InChI is InChI=1S/C56H40N4/c1-4-18-39(19-5-1)44-28-15-29-45(40-20-6-2-7-21-40)54(44)59-37-57(51-33-12-13-34-52(51)59)42-24-14-25-43(36-42)58-38-60-55-46(41-22-8-3-9-23-41)30-16-31-49(55)47-26-10-11-27-48(47)50-32-17-35-53(58)56(50)60/h1-36H,37-38H2. The van der Waals surface area contributed by atoms with E-state index >= 15 is 0 Å². The van der Waals surface area contributed by atoms with Crippen LogP contribution in [0.25, 0.3) is 55.6 Å². The van der Waals surface area contributed by atoms with Crippen molar-refractivity contribution in [1.29, 1.82) is 0 Å². The van der Waals surface area contributed by atoms with Crippen LogP contribution in [-0.2, 0) is 0 Å². The van der Waals surface area contributed by atoms with E-state index in [1.165, 1.54) is 89.8 Å². The minimum absolute atomic E-state index is 0.671. The van der Waals surface area contributed by atoms with Crippen LogP contribution in [0.2, 0.25) is 0 Å². The Kier molecular flexibility index (Phi) is 7.95. The van der Waals surface area contributed by atoms with Crippen molar-refractivity contribution in [3.63, 3.8) is 0 Å². The van der Waals surface area contributed by atoms with Gasteiger partial charge < -0.3 is 19.6 Å². The molecule has 3 aliphatic heterocycles. The third-order valence-electron chi connectivity index (χ3n) is 12.4. The lowest BCUT2D eigenvalue weighted by Gasteiger charge is -2.28. The van der Waals surface area contributed by atoms with Crippen LogP contribution in [0.3, 0.4) is 0 Å². The van der Waals surface area contributed by atoms with E-state index in [0.29, 0.717) is 13.3 Å². The summed E-state index contributed by atoms with van der Waals surface area (Å²) >= 11 is 0. The highest BCUT2D eigenvalue weighted by molar-refractivity contribution is 6.09. The fraction of sp³-hybridized carbons (Fsp3) is 0.0357. The van der Waals surface area contributed by atoms with Crippen molar-refractivity contribution in [2.24, 2.45) is 0 Å². The molecule has 0 unspecified atom stereocenters. The summed E-state index contributed by atoms with van der Waals surface area (Å²) in [6.45, 7) is 1.36. The van der Waals surface area contributed by atoms with Gasteiger partial charge in [-0.2, -0.15) is 0 Å². The van der Waals surface area contributed by atoms with E-state index in [4.69, 9.17) is 0 Å². The van der Waals surface area contributed by atoms with Crippen molar-refractivity contribution < 1.29 is 0 Å². The molecule has 9 aromatic carbocycles. The molecular formula is C56H40N4. The van der Waals surface area contributed by atoms with Gasteiger partial charge >= 0.3 is 0 Å². The summed E-state index contributed by atoms with van der Waals surface area (Å²) in [5, 5.41) is 0. The number of benzene rings is 9. The smallest absolute Gasteiger partial charge is 0.100 e. The van der Waals surface area contributed by atoms with Crippen LogP contribution in [0.5, 0.6) is 0 Å². The molecule has 0 amide bonds. The van der Waals surface area contributed by atoms with Gasteiger partial charge in [-0.15, -0.1) is 0 Å². The van der Waals surface area contributed by atoms with E-state index in [2.05, 4.69) is 238 Å². The average Bonchev–Trinajstić information content (AvgIpc) is 3.88. The Morgan fingerprint density at radius 2 is 0.583 bits per heavy atom. The quantitative estimate of drug-likeness (QED) is 0.167. The zero-order valence-electron chi connectivity index (χ0n) is 33.0. The predicted octanol–water partition coefficient (Wildman–Crippen LogP) is 14.8. The molecule has 0 radical (unpaired) electrons. The largest absolute Gasteiger partial charge is 0.321 e. The molecule has 60 heavy (non-hydrogen) atoms. The lowest BCUT2D eigenvalue weighted by molar-refractivity contribution is 0.980. The molecule has 0 aliphatic carbocycles. The second-order valence-corrected chi connectivity index (χ2v) is 15.7. The van der Waals surface area contributed by atoms with Gasteiger partial charge in [0.25, 0.3) is 0 Å². The maximum Gasteiger partial charge on any atom is 0.100 e. The minimum Gasteiger partial charge on any atom is -0.321 e. The van der Waals surface area contributed by atoms with E-state index in [1.54, 1.807) is 0 Å². The molecule has 3 heterocycles. The van der Waals surface area contributed by atoms with Gasteiger partial charge in [-0.3, -0.25) is 0 Å². The zero-order valence-corrected chi connectivity index (χ0v) is 33.0. The van der Waals surface area contributed by atoms with Gasteiger partial charge in [0.2, 0.25) is 0 Å². The second-order valence-electron chi connectivity index (χ2n) is 15.7. The molecular weight excluding hydrogens is 729 g/mol. The van der Waals surface area contributed by atoms with Crippen LogP contribution in [0.4, 0.5) is 45.5 Å². The van der Waals surface area contributed by atoms with E-state index < -0.39 is 0 Å². The van der Waals surface area contributed by atoms with Gasteiger partial charge in [0, 0.05) is 39.2 Å². The molecule has 0 aromatic heterocycles. The minimum atomic E-state index is 0.671. The van der Waals surface area contributed by atoms with Crippen molar-refractivity contribution in [3.05, 3.63) is 218 Å². The van der Waals surface area contributed by atoms with Gasteiger partial charge in [-0.1, -0.05) is 182 Å². The summed E-state index contributed by atoms with van der Waals surface area (Å²) < 4.78 is 0. The summed E-state index contributed by atoms with van der Waals surface area (Å²) in [6.07, 6.45) is 0. The number of hydrogen-bond acceptors (Lipinski definition) is 4. The van der Waals surface area contributed by atoms with E-state index in [0.717, 1.165) is 11.4 Å². The summed E-state index contributed by atoms with van der Waals surface area (Å²) in [6, 6.07) is 79.7. The second kappa shape index (κ2) is 13.9. The van der Waals surface area contributed by atoms with E-state index in [9.17, 15) is 0 Å². The van der Waals surface area contributed by atoms with Gasteiger partial charge in [0.05, 0.1) is 34.1 Å². The Hall–Kier alpha value is -7.82. The Morgan fingerprint density at radius 3 is 1.13 bits per heavy atom. The molecule has 0 saturated carbocycles. The number of nitrogens with zero attached hydrogens (tertiary/aromatic N) is 4. The first-order valence-electron chi connectivity index (χ1n) is 20.7. The van der Waals surface area contributed by atoms with E-state index in [1.807, 2.05) is 0 Å². The SMILES string of the molecule is c1ccc(-c2cccc(-c3ccccc3)c2N2CN(c3cccc(N4CN5c6c(-c7ccccc7)cccc6-c6ccccc6-c6cccc4c65)c3)c3ccccc32)cc1. The maximum absolute atomic E-state index is 2.56. The highest BCUT2D eigenvalue weighted by Crippen LogP contribution is 2.58. The molecule has 4 heteroatoms. The molecule has 12 rings (SSSR count). The Morgan fingerprint density at radius 1 is 0.233 bits per heavy atom. The molecule has 0 fully saturated rings. The highest BCUT2D eigenvalue weighted by Gasteiger charge is 2.37. The molecule has 0 bridgehead atoms. The topological polar surface area (TPSA) is 13.0 Å². The Balaban J connectivity index is 0.984. The van der Waals surface area contributed by atoms with Crippen LogP contribution < -0.4 is 19.6 Å². The van der Waals surface area contributed by atoms with Gasteiger partial charge in [0.1, 0.15) is 13.3 Å². The highest BCUT2D eigenvalue weighted by atomic mass is 15.4. The number of rotatable bonds is 6. The fourth-order valence-corrected chi connectivity index (χ4v) is 9.79. The Bertz CT molecular complexity index is 3010. The molecule has 4 nitrogen and oxygen atoms in total. The molecule has 284 valence electrons. The molecule has 3 aliphatic rings. The lowest BCUT2D eigenvalue weighted by Crippen LogP contribution is -2.26. The van der Waals surface area contributed by atoms with Crippen LogP contribution in [-0.4, -0.2) is 13.3 Å². The third-order valence-corrected chi connectivity index (χ3v) is 12.4. The van der Waals surface area contributed by atoms with Crippen molar-refractivity contribution in [2.75, 3.05) is 32.9 Å². The summed E-state index contributed by atoms with van der Waals surface area (Å²) in [5.41, 5.74) is 21.9. The number of para-hydroxylation sites is 5. The van der Waals surface area contributed by atoms with Gasteiger partial charge in [0.15, 0.2) is 0 Å². The van der Waals surface area contributed by atoms with Crippen LogP contribution >= 0.6 is 0 Å². The van der Waals surface area contributed by atoms with E-state index in [-0.39, 0.29) is 0 Å². The van der Waals surface area contributed by atoms with Gasteiger partial charge in [-0.05, 0) is 64.2 Å². The monoisotopic (exact) mass is 768 g/mol. The number of hydrogen-bond donors (Lipinski definition) is 0. The number of anilines is 8. The first-order chi connectivity index (χ1) is 29.8. The summed E-state index contributed by atoms with van der Waals surface area (Å²) in [7, 11) is 0. The summed E-state index contributed by atoms with van der Waals surface area (Å²) in [4.78, 5) is 10.0. The molecule has 9 aromatic rings. The van der Waals surface area contributed by atoms with Crippen LogP contribution in [0.1, 0.15) is 0 Å². The first kappa shape index (κ1) is 34.2. The average molecular weight is 769 g/mol. The first-order valence-corrected chi connectivity index (χ1v) is 20.7. The van der Waals surface area contributed by atoms with Crippen LogP contribution in [0.15, 0.2) is 218 Å². The molecule has 0 saturated heterocycles. The zero-order chi connectivity index (χ0) is 39.6. The summed E-state index contributed by atoms with van der Waals surface area (Å²) in [5.74, 6) is 0. The number of fused-ring (bicyclic) bond motifs is 6. The van der Waals surface area contributed by atoms with Gasteiger partial charge in [-0.25, -0.2) is 0 Å². The maximum atomic E-state index is 2.56. The third kappa shape index (κ3) is 5.38. The van der Waals surface area contributed by atoms with Crippen molar-refractivity contribution in [2.45, 2.75) is 0 Å². The molecule has 0 spiro atoms. The molecule has 0 atom stereocenters. The van der Waals surface area contributed by atoms with Crippen molar-refractivity contribution in [3.8, 4) is 55.6 Å². The Labute approximate surface area is 351 Å².